The molecule has 104 valence electrons. The van der Waals surface area contributed by atoms with Crippen LogP contribution in [0, 0.1) is 3.57 Å². The van der Waals surface area contributed by atoms with Gasteiger partial charge in [0.15, 0.2) is 0 Å². The van der Waals surface area contributed by atoms with Crippen molar-refractivity contribution in [2.24, 2.45) is 0 Å². The first-order valence-electron chi connectivity index (χ1n) is 6.11. The SMILES string of the molecule is O=C(O)c1ccc(OCCNc2cccc(I)c2)cc1. The Morgan fingerprint density at radius 3 is 2.60 bits per heavy atom. The number of benzene rings is 2. The summed E-state index contributed by atoms with van der Waals surface area (Å²) in [6.07, 6.45) is 0. The van der Waals surface area contributed by atoms with Crippen LogP contribution in [0.15, 0.2) is 48.5 Å². The van der Waals surface area contributed by atoms with Crippen LogP contribution in [-0.4, -0.2) is 24.2 Å². The molecule has 2 aromatic carbocycles. The molecule has 0 fully saturated rings. The van der Waals surface area contributed by atoms with Gasteiger partial charge in [-0.15, -0.1) is 0 Å². The lowest BCUT2D eigenvalue weighted by Gasteiger charge is -2.09. The van der Waals surface area contributed by atoms with Gasteiger partial charge in [0.2, 0.25) is 0 Å². The van der Waals surface area contributed by atoms with Crippen molar-refractivity contribution in [3.05, 3.63) is 57.7 Å². The zero-order chi connectivity index (χ0) is 14.4. The molecule has 2 N–H and O–H groups in total. The minimum absolute atomic E-state index is 0.259. The first-order valence-corrected chi connectivity index (χ1v) is 7.18. The number of carboxylic acid groups (broad SMARTS) is 1. The van der Waals surface area contributed by atoms with E-state index in [2.05, 4.69) is 34.0 Å². The maximum absolute atomic E-state index is 10.7. The minimum atomic E-state index is -0.933. The van der Waals surface area contributed by atoms with Gasteiger partial charge in [-0.3, -0.25) is 0 Å². The summed E-state index contributed by atoms with van der Waals surface area (Å²) < 4.78 is 6.71. The lowest BCUT2D eigenvalue weighted by Crippen LogP contribution is -2.11. The van der Waals surface area contributed by atoms with Gasteiger partial charge in [-0.1, -0.05) is 6.07 Å². The molecule has 0 amide bonds. The van der Waals surface area contributed by atoms with Gasteiger partial charge in [0, 0.05) is 15.8 Å². The molecule has 0 aromatic heterocycles. The molecular formula is C15H14INO3. The third-order valence-corrected chi connectivity index (χ3v) is 3.30. The van der Waals surface area contributed by atoms with Crippen molar-refractivity contribution in [3.8, 4) is 5.75 Å². The summed E-state index contributed by atoms with van der Waals surface area (Å²) in [6, 6.07) is 14.5. The van der Waals surface area contributed by atoms with Gasteiger partial charge >= 0.3 is 5.97 Å². The second-order valence-corrected chi connectivity index (χ2v) is 5.36. The summed E-state index contributed by atoms with van der Waals surface area (Å²) in [4.78, 5) is 10.7. The van der Waals surface area contributed by atoms with Crippen LogP contribution >= 0.6 is 22.6 Å². The zero-order valence-corrected chi connectivity index (χ0v) is 12.8. The van der Waals surface area contributed by atoms with Crippen LogP contribution in [0.25, 0.3) is 0 Å². The average molecular weight is 383 g/mol. The van der Waals surface area contributed by atoms with E-state index in [1.807, 2.05) is 18.2 Å². The fourth-order valence-corrected chi connectivity index (χ4v) is 2.20. The van der Waals surface area contributed by atoms with Crippen molar-refractivity contribution in [1.29, 1.82) is 0 Å². The number of ether oxygens (including phenoxy) is 1. The first-order chi connectivity index (χ1) is 9.65. The van der Waals surface area contributed by atoms with Crippen molar-refractivity contribution in [2.75, 3.05) is 18.5 Å². The van der Waals surface area contributed by atoms with Crippen LogP contribution in [0.4, 0.5) is 5.69 Å². The third kappa shape index (κ3) is 4.41. The molecule has 0 aliphatic carbocycles. The number of hydrogen-bond acceptors (Lipinski definition) is 3. The molecule has 0 saturated heterocycles. The number of halogens is 1. The second kappa shape index (κ2) is 7.14. The zero-order valence-electron chi connectivity index (χ0n) is 10.7. The summed E-state index contributed by atoms with van der Waals surface area (Å²) in [7, 11) is 0. The molecule has 0 aliphatic heterocycles. The smallest absolute Gasteiger partial charge is 0.335 e. The third-order valence-electron chi connectivity index (χ3n) is 2.63. The van der Waals surface area contributed by atoms with E-state index >= 15 is 0 Å². The first kappa shape index (κ1) is 14.6. The second-order valence-electron chi connectivity index (χ2n) is 4.12. The molecule has 0 aliphatic rings. The van der Waals surface area contributed by atoms with E-state index in [9.17, 15) is 4.79 Å². The lowest BCUT2D eigenvalue weighted by molar-refractivity contribution is 0.0697. The highest BCUT2D eigenvalue weighted by Gasteiger charge is 2.01. The van der Waals surface area contributed by atoms with Crippen molar-refractivity contribution in [3.63, 3.8) is 0 Å². The van der Waals surface area contributed by atoms with Gasteiger partial charge in [0.05, 0.1) is 5.56 Å². The maximum atomic E-state index is 10.7. The fraction of sp³-hybridized carbons (Fsp3) is 0.133. The van der Waals surface area contributed by atoms with Gasteiger partial charge in [0.25, 0.3) is 0 Å². The normalized spacial score (nSPS) is 10.1. The Bertz CT molecular complexity index is 584. The molecule has 0 heterocycles. The van der Waals surface area contributed by atoms with Gasteiger partial charge in [0.1, 0.15) is 12.4 Å². The maximum Gasteiger partial charge on any atom is 0.335 e. The Kier molecular flexibility index (Phi) is 5.23. The predicted molar refractivity (Wildman–Crippen MR) is 86.5 cm³/mol. The average Bonchev–Trinajstić information content (AvgIpc) is 2.44. The Labute approximate surface area is 130 Å². The molecule has 0 radical (unpaired) electrons. The van der Waals surface area contributed by atoms with Crippen LogP contribution in [0.2, 0.25) is 0 Å². The largest absolute Gasteiger partial charge is 0.492 e. The number of hydrogen-bond donors (Lipinski definition) is 2. The summed E-state index contributed by atoms with van der Waals surface area (Å²) in [5.74, 6) is -0.267. The highest BCUT2D eigenvalue weighted by atomic mass is 127. The van der Waals surface area contributed by atoms with Gasteiger partial charge in [-0.2, -0.15) is 0 Å². The van der Waals surface area contributed by atoms with Crippen LogP contribution < -0.4 is 10.1 Å². The number of aromatic carboxylic acids is 1. The van der Waals surface area contributed by atoms with Gasteiger partial charge in [-0.25, -0.2) is 4.79 Å². The summed E-state index contributed by atoms with van der Waals surface area (Å²) in [5, 5.41) is 12.0. The monoisotopic (exact) mass is 383 g/mol. The minimum Gasteiger partial charge on any atom is -0.492 e. The van der Waals surface area contributed by atoms with Crippen molar-refractivity contribution in [1.82, 2.24) is 0 Å². The molecule has 5 heteroatoms. The van der Waals surface area contributed by atoms with Crippen LogP contribution in [0.3, 0.4) is 0 Å². The summed E-state index contributed by atoms with van der Waals surface area (Å²) >= 11 is 2.26. The molecule has 0 spiro atoms. The van der Waals surface area contributed by atoms with E-state index < -0.39 is 5.97 Å². The molecule has 2 rings (SSSR count). The van der Waals surface area contributed by atoms with Crippen LogP contribution in [0.1, 0.15) is 10.4 Å². The van der Waals surface area contributed by atoms with E-state index in [-0.39, 0.29) is 5.56 Å². The topological polar surface area (TPSA) is 58.6 Å². The summed E-state index contributed by atoms with van der Waals surface area (Å²) in [5.41, 5.74) is 1.32. The van der Waals surface area contributed by atoms with Gasteiger partial charge in [-0.05, 0) is 65.1 Å². The Hall–Kier alpha value is -1.76. The standard InChI is InChI=1S/C15H14INO3/c16-12-2-1-3-13(10-12)17-8-9-20-14-6-4-11(5-7-14)15(18)19/h1-7,10,17H,8-9H2,(H,18,19). The molecule has 0 atom stereocenters. The molecule has 0 saturated carbocycles. The van der Waals surface area contributed by atoms with E-state index in [0.717, 1.165) is 5.69 Å². The van der Waals surface area contributed by atoms with Crippen molar-refractivity contribution >= 4 is 34.2 Å². The van der Waals surface area contributed by atoms with Gasteiger partial charge < -0.3 is 15.2 Å². The highest BCUT2D eigenvalue weighted by Crippen LogP contribution is 2.13. The summed E-state index contributed by atoms with van der Waals surface area (Å²) in [6.45, 7) is 1.19. The number of nitrogens with one attached hydrogen (secondary N) is 1. The van der Waals surface area contributed by atoms with Crippen LogP contribution in [0.5, 0.6) is 5.75 Å². The molecule has 4 nitrogen and oxygen atoms in total. The van der Waals surface area contributed by atoms with E-state index in [1.54, 1.807) is 12.1 Å². The molecule has 0 unspecified atom stereocenters. The lowest BCUT2D eigenvalue weighted by atomic mass is 10.2. The van der Waals surface area contributed by atoms with E-state index in [1.165, 1.54) is 15.7 Å². The molecule has 20 heavy (non-hydrogen) atoms. The van der Waals surface area contributed by atoms with E-state index in [0.29, 0.717) is 18.9 Å². The Balaban J connectivity index is 1.77. The quantitative estimate of drug-likeness (QED) is 0.593. The number of carbonyl (C=O) groups is 1. The Morgan fingerprint density at radius 2 is 1.95 bits per heavy atom. The van der Waals surface area contributed by atoms with Crippen molar-refractivity contribution < 1.29 is 14.6 Å². The number of rotatable bonds is 6. The van der Waals surface area contributed by atoms with E-state index in [4.69, 9.17) is 9.84 Å². The Morgan fingerprint density at radius 1 is 1.20 bits per heavy atom. The fourth-order valence-electron chi connectivity index (χ4n) is 1.66. The molecular weight excluding hydrogens is 369 g/mol. The predicted octanol–water partition coefficient (Wildman–Crippen LogP) is 3.48. The number of anilines is 1. The molecule has 0 bridgehead atoms. The molecule has 2 aromatic rings. The van der Waals surface area contributed by atoms with Crippen LogP contribution in [-0.2, 0) is 0 Å². The highest BCUT2D eigenvalue weighted by molar-refractivity contribution is 14.1. The van der Waals surface area contributed by atoms with Crippen molar-refractivity contribution in [2.45, 2.75) is 0 Å². The number of carboxylic acids is 1.